The van der Waals surface area contributed by atoms with Crippen LogP contribution >= 0.6 is 0 Å². The number of hydrogen-bond donors (Lipinski definition) is 1. The summed E-state index contributed by atoms with van der Waals surface area (Å²) in [6.45, 7) is 5.11. The van der Waals surface area contributed by atoms with Crippen molar-refractivity contribution in [2.45, 2.75) is 26.7 Å². The fourth-order valence-corrected chi connectivity index (χ4v) is 3.56. The first-order valence-corrected chi connectivity index (χ1v) is 10.9. The summed E-state index contributed by atoms with van der Waals surface area (Å²) in [5.41, 5.74) is 0.914. The van der Waals surface area contributed by atoms with Gasteiger partial charge in [0, 0.05) is 19.7 Å². The molecule has 1 N–H and O–H groups in total. The van der Waals surface area contributed by atoms with E-state index in [1.807, 2.05) is 26.0 Å². The second-order valence-electron chi connectivity index (χ2n) is 7.48. The number of para-hydroxylation sites is 2. The topological polar surface area (TPSA) is 98.7 Å². The first-order chi connectivity index (χ1) is 16.0. The number of ether oxygens (including phenoxy) is 3. The summed E-state index contributed by atoms with van der Waals surface area (Å²) in [6.07, 6.45) is 1.64. The summed E-state index contributed by atoms with van der Waals surface area (Å²) in [6, 6.07) is 10.5. The van der Waals surface area contributed by atoms with E-state index in [0.717, 1.165) is 12.8 Å². The molecule has 9 heteroatoms. The Morgan fingerprint density at radius 2 is 1.79 bits per heavy atom. The van der Waals surface area contributed by atoms with Gasteiger partial charge in [-0.25, -0.2) is 14.5 Å². The summed E-state index contributed by atoms with van der Waals surface area (Å²) in [7, 11) is 4.74. The summed E-state index contributed by atoms with van der Waals surface area (Å²) in [5, 5.41) is 6.76. The quantitative estimate of drug-likeness (QED) is 0.503. The molecule has 1 amide bonds. The predicted molar refractivity (Wildman–Crippen MR) is 126 cm³/mol. The molecule has 0 unspecified atom stereocenters. The zero-order chi connectivity index (χ0) is 24.0. The Morgan fingerprint density at radius 3 is 2.45 bits per heavy atom. The number of carbonyl (C=O) groups is 1. The Labute approximate surface area is 192 Å². The molecule has 1 aromatic heterocycles. The van der Waals surface area contributed by atoms with Crippen LogP contribution in [0.4, 0.5) is 0 Å². The van der Waals surface area contributed by atoms with Gasteiger partial charge in [-0.05, 0) is 31.0 Å². The highest BCUT2D eigenvalue weighted by Crippen LogP contribution is 2.37. The first kappa shape index (κ1) is 23.9. The number of hydrogen-bond acceptors (Lipinski definition) is 6. The monoisotopic (exact) mass is 454 g/mol. The van der Waals surface area contributed by atoms with Crippen LogP contribution in [0.15, 0.2) is 41.2 Å². The highest BCUT2D eigenvalue weighted by atomic mass is 16.5. The van der Waals surface area contributed by atoms with E-state index in [1.165, 1.54) is 18.8 Å². The van der Waals surface area contributed by atoms with Crippen LogP contribution in [0.3, 0.4) is 0 Å². The Hall–Kier alpha value is -3.75. The van der Waals surface area contributed by atoms with Crippen LogP contribution in [0.2, 0.25) is 0 Å². The summed E-state index contributed by atoms with van der Waals surface area (Å²) in [4.78, 5) is 27.6. The predicted octanol–water partition coefficient (Wildman–Crippen LogP) is 3.52. The normalized spacial score (nSPS) is 10.7. The molecular weight excluding hydrogens is 424 g/mol. The lowest BCUT2D eigenvalue weighted by Gasteiger charge is -2.20. The van der Waals surface area contributed by atoms with Crippen LogP contribution in [0, 0.1) is 0 Å². The van der Waals surface area contributed by atoms with Crippen molar-refractivity contribution in [2.75, 3.05) is 34.4 Å². The average Bonchev–Trinajstić information content (AvgIpc) is 3.22. The molecule has 2 aromatic carbocycles. The van der Waals surface area contributed by atoms with E-state index in [0.29, 0.717) is 53.0 Å². The minimum atomic E-state index is -0.439. The Bertz CT molecular complexity index is 1170. The fourth-order valence-electron chi connectivity index (χ4n) is 3.56. The second-order valence-corrected chi connectivity index (χ2v) is 7.48. The van der Waals surface area contributed by atoms with E-state index >= 15 is 0 Å². The number of nitrogens with one attached hydrogen (secondary N) is 1. The molecule has 1 heterocycles. The number of rotatable bonds is 10. The van der Waals surface area contributed by atoms with Crippen molar-refractivity contribution in [3.63, 3.8) is 0 Å². The van der Waals surface area contributed by atoms with E-state index in [1.54, 1.807) is 36.2 Å². The highest BCUT2D eigenvalue weighted by Gasteiger charge is 2.24. The molecule has 0 radical (unpaired) electrons. The summed E-state index contributed by atoms with van der Waals surface area (Å²) < 4.78 is 18.3. The largest absolute Gasteiger partial charge is 0.496 e. The number of aromatic amines is 1. The second kappa shape index (κ2) is 10.7. The Morgan fingerprint density at radius 1 is 1.06 bits per heavy atom. The highest BCUT2D eigenvalue weighted by molar-refractivity contribution is 5.98. The molecule has 0 bridgehead atoms. The van der Waals surface area contributed by atoms with E-state index in [9.17, 15) is 9.59 Å². The third-order valence-corrected chi connectivity index (χ3v) is 5.14. The SMILES string of the molecule is CCCOc1ccccc1-n1c(-c2cc(C(=O)N(C)CCC)c(OC)cc2OC)n[nH]c1=O. The van der Waals surface area contributed by atoms with Gasteiger partial charge < -0.3 is 19.1 Å². The number of benzene rings is 2. The maximum Gasteiger partial charge on any atom is 0.348 e. The third-order valence-electron chi connectivity index (χ3n) is 5.14. The molecule has 0 aliphatic carbocycles. The molecule has 0 spiro atoms. The van der Waals surface area contributed by atoms with Gasteiger partial charge in [-0.2, -0.15) is 5.10 Å². The molecule has 0 saturated heterocycles. The molecule has 0 aliphatic heterocycles. The Kier molecular flexibility index (Phi) is 7.76. The number of amides is 1. The zero-order valence-electron chi connectivity index (χ0n) is 19.7. The minimum Gasteiger partial charge on any atom is -0.496 e. The third kappa shape index (κ3) is 4.87. The maximum atomic E-state index is 13.1. The first-order valence-electron chi connectivity index (χ1n) is 10.9. The van der Waals surface area contributed by atoms with Gasteiger partial charge >= 0.3 is 5.69 Å². The van der Waals surface area contributed by atoms with Crippen molar-refractivity contribution in [2.24, 2.45) is 0 Å². The lowest BCUT2D eigenvalue weighted by Crippen LogP contribution is -2.28. The summed E-state index contributed by atoms with van der Waals surface area (Å²) in [5.74, 6) is 1.43. The lowest BCUT2D eigenvalue weighted by atomic mass is 10.1. The van der Waals surface area contributed by atoms with Gasteiger partial charge in [-0.1, -0.05) is 26.0 Å². The van der Waals surface area contributed by atoms with Gasteiger partial charge in [-0.3, -0.25) is 4.79 Å². The zero-order valence-corrected chi connectivity index (χ0v) is 19.7. The number of aromatic nitrogens is 3. The van der Waals surface area contributed by atoms with E-state index < -0.39 is 5.69 Å². The van der Waals surface area contributed by atoms with E-state index in [2.05, 4.69) is 10.2 Å². The molecule has 176 valence electrons. The van der Waals surface area contributed by atoms with Crippen LogP contribution in [0.25, 0.3) is 17.1 Å². The van der Waals surface area contributed by atoms with Gasteiger partial charge in [0.2, 0.25) is 0 Å². The lowest BCUT2D eigenvalue weighted by molar-refractivity contribution is 0.0791. The molecule has 0 saturated carbocycles. The van der Waals surface area contributed by atoms with E-state index in [-0.39, 0.29) is 5.91 Å². The van der Waals surface area contributed by atoms with Gasteiger partial charge in [0.1, 0.15) is 17.2 Å². The number of carbonyl (C=O) groups excluding carboxylic acids is 1. The van der Waals surface area contributed by atoms with Crippen molar-refractivity contribution in [3.05, 3.63) is 52.4 Å². The number of nitrogens with zero attached hydrogens (tertiary/aromatic N) is 3. The molecule has 33 heavy (non-hydrogen) atoms. The van der Waals surface area contributed by atoms with E-state index in [4.69, 9.17) is 14.2 Å². The maximum absolute atomic E-state index is 13.1. The van der Waals surface area contributed by atoms with Gasteiger partial charge in [0.15, 0.2) is 5.82 Å². The van der Waals surface area contributed by atoms with Gasteiger partial charge in [0.05, 0.1) is 37.6 Å². The molecule has 0 atom stereocenters. The molecular formula is C24H30N4O5. The van der Waals surface area contributed by atoms with Gasteiger partial charge in [-0.15, -0.1) is 0 Å². The smallest absolute Gasteiger partial charge is 0.348 e. The molecule has 0 fully saturated rings. The molecule has 3 rings (SSSR count). The molecule has 0 aliphatic rings. The van der Waals surface area contributed by atoms with Crippen LogP contribution in [0.1, 0.15) is 37.0 Å². The number of methoxy groups -OCH3 is 2. The molecule has 3 aromatic rings. The Balaban J connectivity index is 2.22. The minimum absolute atomic E-state index is 0.200. The van der Waals surface area contributed by atoms with Crippen molar-refractivity contribution in [1.29, 1.82) is 0 Å². The van der Waals surface area contributed by atoms with Crippen molar-refractivity contribution < 1.29 is 19.0 Å². The standard InChI is InChI=1S/C24H30N4O5/c1-6-12-27(3)23(29)17-14-16(20(31-4)15-21(17)32-5)22-25-26-24(30)28(22)18-10-8-9-11-19(18)33-13-7-2/h8-11,14-15H,6-7,12-13H2,1-5H3,(H,26,30). The number of H-pyrrole nitrogens is 1. The van der Waals surface area contributed by atoms with Crippen molar-refractivity contribution in [3.8, 4) is 34.3 Å². The van der Waals surface area contributed by atoms with Crippen LogP contribution < -0.4 is 19.9 Å². The molecule has 9 nitrogen and oxygen atoms in total. The van der Waals surface area contributed by atoms with Crippen molar-refractivity contribution >= 4 is 5.91 Å². The van der Waals surface area contributed by atoms with Gasteiger partial charge in [0.25, 0.3) is 5.91 Å². The van der Waals surface area contributed by atoms with Crippen LogP contribution in [0.5, 0.6) is 17.2 Å². The average molecular weight is 455 g/mol. The van der Waals surface area contributed by atoms with Crippen LogP contribution in [-0.2, 0) is 0 Å². The van der Waals surface area contributed by atoms with Crippen LogP contribution in [-0.4, -0.2) is 60.0 Å². The van der Waals surface area contributed by atoms with Crippen molar-refractivity contribution in [1.82, 2.24) is 19.7 Å². The fraction of sp³-hybridized carbons (Fsp3) is 0.375. The summed E-state index contributed by atoms with van der Waals surface area (Å²) >= 11 is 0.